The van der Waals surface area contributed by atoms with E-state index >= 15 is 0 Å². The molecule has 5 heteroatoms. The molecule has 1 heterocycles. The van der Waals surface area contributed by atoms with E-state index in [4.69, 9.17) is 4.74 Å². The van der Waals surface area contributed by atoms with Crippen molar-refractivity contribution in [1.82, 2.24) is 9.80 Å². The predicted octanol–water partition coefficient (Wildman–Crippen LogP) is 3.46. The average molecular weight is 345 g/mol. The zero-order chi connectivity index (χ0) is 17.5. The van der Waals surface area contributed by atoms with Gasteiger partial charge in [0.1, 0.15) is 0 Å². The molecule has 4 nitrogen and oxygen atoms in total. The smallest absolute Gasteiger partial charge is 0.224 e. The minimum atomic E-state index is 0.158. The Bertz CT molecular complexity index is 359. The first-order valence-corrected chi connectivity index (χ1v) is 10.0. The first-order valence-electron chi connectivity index (χ1n) is 8.81. The lowest BCUT2D eigenvalue weighted by molar-refractivity contribution is -0.134. The van der Waals surface area contributed by atoms with Crippen molar-refractivity contribution in [2.45, 2.75) is 58.8 Å². The summed E-state index contributed by atoms with van der Waals surface area (Å²) >= 11 is 1.87. The van der Waals surface area contributed by atoms with Crippen molar-refractivity contribution < 1.29 is 9.53 Å². The first kappa shape index (κ1) is 20.8. The highest BCUT2D eigenvalue weighted by molar-refractivity contribution is 7.99. The summed E-state index contributed by atoms with van der Waals surface area (Å²) in [4.78, 5) is 16.9. The Balaban J connectivity index is 2.15. The fourth-order valence-corrected chi connectivity index (χ4v) is 3.19. The van der Waals surface area contributed by atoms with E-state index in [0.29, 0.717) is 18.4 Å². The Morgan fingerprint density at radius 2 is 1.65 bits per heavy atom. The van der Waals surface area contributed by atoms with E-state index in [1.807, 2.05) is 16.7 Å². The van der Waals surface area contributed by atoms with E-state index < -0.39 is 0 Å². The molecule has 23 heavy (non-hydrogen) atoms. The molecule has 0 aliphatic carbocycles. The molecule has 0 aromatic rings. The monoisotopic (exact) mass is 344 g/mol. The lowest BCUT2D eigenvalue weighted by Gasteiger charge is -2.43. The Labute approximate surface area is 147 Å². The van der Waals surface area contributed by atoms with Crippen LogP contribution in [0.4, 0.5) is 0 Å². The van der Waals surface area contributed by atoms with Gasteiger partial charge in [0.05, 0.1) is 17.9 Å². The van der Waals surface area contributed by atoms with Crippen LogP contribution >= 0.6 is 11.8 Å². The fraction of sp³-hybridized carbons (Fsp3) is 0.944. The van der Waals surface area contributed by atoms with Gasteiger partial charge >= 0.3 is 0 Å². The second-order valence-corrected chi connectivity index (χ2v) is 9.45. The molecule has 0 radical (unpaired) electrons. The number of rotatable bonds is 8. The summed E-state index contributed by atoms with van der Waals surface area (Å²) in [7, 11) is 0. The number of carbonyl (C=O) groups is 1. The highest BCUT2D eigenvalue weighted by Crippen LogP contribution is 2.27. The molecular weight excluding hydrogens is 308 g/mol. The zero-order valence-corrected chi connectivity index (χ0v) is 16.8. The van der Waals surface area contributed by atoms with Crippen LogP contribution in [0.1, 0.15) is 53.9 Å². The molecule has 0 atom stereocenters. The summed E-state index contributed by atoms with van der Waals surface area (Å²) in [5.74, 6) is 0.238. The molecule has 0 aromatic carbocycles. The number of hydrogen-bond donors (Lipinski definition) is 0. The predicted molar refractivity (Wildman–Crippen MR) is 99.9 cm³/mol. The Kier molecular flexibility index (Phi) is 8.39. The van der Waals surface area contributed by atoms with Crippen LogP contribution in [0.25, 0.3) is 0 Å². The minimum absolute atomic E-state index is 0.158. The minimum Gasteiger partial charge on any atom is -0.381 e. The number of carbonyl (C=O) groups excluding carboxylic acids is 1. The normalized spacial score (nSPS) is 17.6. The van der Waals surface area contributed by atoms with Crippen LogP contribution in [0.2, 0.25) is 0 Å². The van der Waals surface area contributed by atoms with Gasteiger partial charge in [-0.3, -0.25) is 9.69 Å². The van der Waals surface area contributed by atoms with Gasteiger partial charge in [0.25, 0.3) is 0 Å². The van der Waals surface area contributed by atoms with Gasteiger partial charge in [0, 0.05) is 32.8 Å². The first-order chi connectivity index (χ1) is 10.7. The van der Waals surface area contributed by atoms with Gasteiger partial charge in [-0.05, 0) is 38.4 Å². The van der Waals surface area contributed by atoms with Crippen LogP contribution < -0.4 is 0 Å². The molecule has 1 aliphatic heterocycles. The molecule has 0 unspecified atom stereocenters. The molecule has 0 bridgehead atoms. The molecule has 0 N–H and O–H groups in total. The van der Waals surface area contributed by atoms with Crippen LogP contribution in [0, 0.1) is 5.41 Å². The average Bonchev–Trinajstić information content (AvgIpc) is 2.49. The van der Waals surface area contributed by atoms with Crippen LogP contribution in [0.3, 0.4) is 0 Å². The second kappa shape index (κ2) is 9.28. The molecule has 0 aromatic heterocycles. The summed E-state index contributed by atoms with van der Waals surface area (Å²) < 4.78 is 5.62. The van der Waals surface area contributed by atoms with Gasteiger partial charge in [-0.2, -0.15) is 0 Å². The van der Waals surface area contributed by atoms with Gasteiger partial charge in [-0.1, -0.05) is 20.8 Å². The van der Waals surface area contributed by atoms with E-state index in [1.165, 1.54) is 0 Å². The second-order valence-electron chi connectivity index (χ2n) is 8.05. The molecule has 136 valence electrons. The molecule has 1 saturated heterocycles. The third-order valence-electron chi connectivity index (χ3n) is 4.57. The Morgan fingerprint density at radius 3 is 2.17 bits per heavy atom. The number of thioether (sulfide) groups is 1. The van der Waals surface area contributed by atoms with Crippen molar-refractivity contribution in [3.63, 3.8) is 0 Å². The number of ether oxygens (including phenoxy) is 1. The number of nitrogens with zero attached hydrogens (tertiary/aromatic N) is 2. The topological polar surface area (TPSA) is 32.8 Å². The maximum Gasteiger partial charge on any atom is 0.224 e. The van der Waals surface area contributed by atoms with E-state index in [0.717, 1.165) is 45.6 Å². The van der Waals surface area contributed by atoms with Gasteiger partial charge in [-0.25, -0.2) is 0 Å². The largest absolute Gasteiger partial charge is 0.381 e. The molecular formula is C18H36N2O2S. The number of amides is 1. The molecule has 1 fully saturated rings. The highest BCUT2D eigenvalue weighted by atomic mass is 32.2. The van der Waals surface area contributed by atoms with Crippen LogP contribution in [0.15, 0.2) is 0 Å². The van der Waals surface area contributed by atoms with E-state index in [2.05, 4.69) is 45.8 Å². The maximum absolute atomic E-state index is 12.2. The maximum atomic E-state index is 12.2. The van der Waals surface area contributed by atoms with Crippen molar-refractivity contribution in [3.05, 3.63) is 0 Å². The molecule has 1 aliphatic rings. The number of piperazine rings is 1. The third kappa shape index (κ3) is 7.90. The highest BCUT2D eigenvalue weighted by Gasteiger charge is 2.30. The standard InChI is InChI=1S/C18H36N2O2S/c1-17(2,3)9-7-14-22-15-8-16(21)19-10-12-20(13-11-19)18(4,5)23-6/h7-15H2,1-6H3. The van der Waals surface area contributed by atoms with Crippen molar-refractivity contribution in [2.75, 3.05) is 45.6 Å². The summed E-state index contributed by atoms with van der Waals surface area (Å²) in [6.45, 7) is 16.2. The van der Waals surface area contributed by atoms with Crippen molar-refractivity contribution in [2.24, 2.45) is 5.41 Å². The number of hydrogen-bond acceptors (Lipinski definition) is 4. The molecule has 0 spiro atoms. The molecule has 1 rings (SSSR count). The molecule has 0 saturated carbocycles. The van der Waals surface area contributed by atoms with Gasteiger partial charge in [-0.15, -0.1) is 11.8 Å². The van der Waals surface area contributed by atoms with Crippen molar-refractivity contribution in [3.8, 4) is 0 Å². The summed E-state index contributed by atoms with van der Waals surface area (Å²) in [5.41, 5.74) is 0.364. The zero-order valence-electron chi connectivity index (χ0n) is 16.0. The lowest BCUT2D eigenvalue weighted by Crippen LogP contribution is -2.54. The van der Waals surface area contributed by atoms with E-state index in [1.54, 1.807) is 0 Å². The quantitative estimate of drug-likeness (QED) is 0.631. The lowest BCUT2D eigenvalue weighted by atomic mass is 9.91. The molecule has 1 amide bonds. The van der Waals surface area contributed by atoms with Gasteiger partial charge in [0.15, 0.2) is 0 Å². The van der Waals surface area contributed by atoms with Crippen LogP contribution in [0.5, 0.6) is 0 Å². The van der Waals surface area contributed by atoms with Crippen molar-refractivity contribution in [1.29, 1.82) is 0 Å². The summed E-state index contributed by atoms with van der Waals surface area (Å²) in [6.07, 6.45) is 4.89. The fourth-order valence-electron chi connectivity index (χ4n) is 2.75. The van der Waals surface area contributed by atoms with Crippen molar-refractivity contribution >= 4 is 17.7 Å². The SMILES string of the molecule is CSC(C)(C)N1CCN(C(=O)CCOCCCC(C)(C)C)CC1. The Hall–Kier alpha value is -0.260. The van der Waals surface area contributed by atoms with E-state index in [-0.39, 0.29) is 10.8 Å². The van der Waals surface area contributed by atoms with E-state index in [9.17, 15) is 4.79 Å². The van der Waals surface area contributed by atoms with Crippen LogP contribution in [-0.2, 0) is 9.53 Å². The summed E-state index contributed by atoms with van der Waals surface area (Å²) in [5, 5.41) is 0. The van der Waals surface area contributed by atoms with Gasteiger partial charge in [0.2, 0.25) is 5.91 Å². The third-order valence-corrected chi connectivity index (χ3v) is 5.83. The summed E-state index contributed by atoms with van der Waals surface area (Å²) in [6, 6.07) is 0. The van der Waals surface area contributed by atoms with Gasteiger partial charge < -0.3 is 9.64 Å². The Morgan fingerprint density at radius 1 is 1.04 bits per heavy atom. The van der Waals surface area contributed by atoms with Crippen LogP contribution in [-0.4, -0.2) is 66.2 Å².